The molecule has 3 amide bonds. The van der Waals surface area contributed by atoms with Gasteiger partial charge in [-0.15, -0.1) is 0 Å². The number of carboxylic acids is 2. The molecule has 114 valence electrons. The van der Waals surface area contributed by atoms with Crippen LogP contribution in [0.25, 0.3) is 0 Å². The number of carbonyl (C=O) groups is 4. The third kappa shape index (κ3) is 6.03. The molecule has 1 atom stereocenters. The second-order valence-electron chi connectivity index (χ2n) is 4.24. The van der Waals surface area contributed by atoms with Gasteiger partial charge in [0.1, 0.15) is 12.6 Å². The molecule has 0 heterocycles. The summed E-state index contributed by atoms with van der Waals surface area (Å²) in [5, 5.41) is 19.5. The summed E-state index contributed by atoms with van der Waals surface area (Å²) < 4.78 is 0. The number of urea groups is 1. The summed E-state index contributed by atoms with van der Waals surface area (Å²) in [5.41, 5.74) is 0. The van der Waals surface area contributed by atoms with Crippen molar-refractivity contribution in [3.05, 3.63) is 0 Å². The zero-order valence-corrected chi connectivity index (χ0v) is 11.6. The third-order valence-electron chi connectivity index (χ3n) is 2.47. The summed E-state index contributed by atoms with van der Waals surface area (Å²) in [6, 6.07) is -2.33. The van der Waals surface area contributed by atoms with Crippen molar-refractivity contribution in [2.75, 3.05) is 27.2 Å². The summed E-state index contributed by atoms with van der Waals surface area (Å²) in [6.45, 7) is 1.59. The SMILES string of the molecule is CCN(CC(=O)N(C)C)C(=O)N[C@H](CC(=O)O)C(=O)O. The van der Waals surface area contributed by atoms with Gasteiger partial charge < -0.3 is 25.3 Å². The Bertz CT molecular complexity index is 396. The molecular weight excluding hydrogens is 270 g/mol. The molecule has 0 rings (SSSR count). The molecule has 0 saturated carbocycles. The molecule has 0 aromatic carbocycles. The van der Waals surface area contributed by atoms with Crippen LogP contribution in [-0.4, -0.2) is 77.1 Å². The van der Waals surface area contributed by atoms with E-state index >= 15 is 0 Å². The van der Waals surface area contributed by atoms with E-state index < -0.39 is 30.4 Å². The minimum Gasteiger partial charge on any atom is -0.481 e. The van der Waals surface area contributed by atoms with Crippen LogP contribution in [0, 0.1) is 0 Å². The highest BCUT2D eigenvalue weighted by molar-refractivity contribution is 5.88. The van der Waals surface area contributed by atoms with Crippen LogP contribution in [0.15, 0.2) is 0 Å². The fraction of sp³-hybridized carbons (Fsp3) is 0.636. The zero-order valence-electron chi connectivity index (χ0n) is 11.6. The fourth-order valence-corrected chi connectivity index (χ4v) is 1.25. The molecule has 0 aromatic rings. The first-order chi connectivity index (χ1) is 9.18. The maximum atomic E-state index is 11.8. The van der Waals surface area contributed by atoms with E-state index in [0.717, 1.165) is 4.90 Å². The third-order valence-corrected chi connectivity index (χ3v) is 2.47. The maximum absolute atomic E-state index is 11.8. The molecule has 0 bridgehead atoms. The average molecular weight is 289 g/mol. The topological polar surface area (TPSA) is 127 Å². The molecular formula is C11H19N3O6. The van der Waals surface area contributed by atoms with Crippen molar-refractivity contribution in [3.63, 3.8) is 0 Å². The number of amides is 3. The molecule has 0 spiro atoms. The van der Waals surface area contributed by atoms with Gasteiger partial charge in [-0.05, 0) is 6.92 Å². The number of nitrogens with zero attached hydrogens (tertiary/aromatic N) is 2. The predicted molar refractivity (Wildman–Crippen MR) is 68.1 cm³/mol. The first-order valence-corrected chi connectivity index (χ1v) is 5.89. The molecule has 20 heavy (non-hydrogen) atoms. The highest BCUT2D eigenvalue weighted by Gasteiger charge is 2.26. The lowest BCUT2D eigenvalue weighted by Gasteiger charge is -2.24. The van der Waals surface area contributed by atoms with E-state index in [9.17, 15) is 19.2 Å². The Morgan fingerprint density at radius 2 is 1.70 bits per heavy atom. The summed E-state index contributed by atoms with van der Waals surface area (Å²) in [7, 11) is 3.05. The van der Waals surface area contributed by atoms with Gasteiger partial charge in [-0.3, -0.25) is 9.59 Å². The van der Waals surface area contributed by atoms with E-state index in [0.29, 0.717) is 0 Å². The molecule has 0 aliphatic rings. The smallest absolute Gasteiger partial charge is 0.326 e. The molecule has 0 aliphatic heterocycles. The minimum atomic E-state index is -1.54. The first kappa shape index (κ1) is 17.7. The Morgan fingerprint density at radius 1 is 1.15 bits per heavy atom. The van der Waals surface area contributed by atoms with Crippen molar-refractivity contribution in [1.82, 2.24) is 15.1 Å². The minimum absolute atomic E-state index is 0.185. The van der Waals surface area contributed by atoms with Crippen molar-refractivity contribution < 1.29 is 29.4 Å². The Balaban J connectivity index is 4.70. The Kier molecular flexibility index (Phi) is 7.05. The Morgan fingerprint density at radius 3 is 2.05 bits per heavy atom. The van der Waals surface area contributed by atoms with E-state index in [2.05, 4.69) is 5.32 Å². The van der Waals surface area contributed by atoms with Gasteiger partial charge in [0.05, 0.1) is 6.42 Å². The van der Waals surface area contributed by atoms with Crippen LogP contribution in [0.3, 0.4) is 0 Å². The number of rotatable bonds is 7. The second-order valence-corrected chi connectivity index (χ2v) is 4.24. The van der Waals surface area contributed by atoms with Crippen LogP contribution in [0.1, 0.15) is 13.3 Å². The number of carboxylic acid groups (broad SMARTS) is 2. The van der Waals surface area contributed by atoms with Crippen molar-refractivity contribution in [1.29, 1.82) is 0 Å². The van der Waals surface area contributed by atoms with Gasteiger partial charge in [-0.2, -0.15) is 0 Å². The normalized spacial score (nSPS) is 11.3. The summed E-state index contributed by atoms with van der Waals surface area (Å²) >= 11 is 0. The average Bonchev–Trinajstić information content (AvgIpc) is 2.33. The number of aliphatic carboxylic acids is 2. The van der Waals surface area contributed by atoms with Crippen molar-refractivity contribution in [2.24, 2.45) is 0 Å². The summed E-state index contributed by atoms with van der Waals surface area (Å²) in [5.74, 6) is -3.12. The number of nitrogens with one attached hydrogen (secondary N) is 1. The molecule has 9 nitrogen and oxygen atoms in total. The van der Waals surface area contributed by atoms with Gasteiger partial charge in [0.25, 0.3) is 0 Å². The molecule has 0 aliphatic carbocycles. The van der Waals surface area contributed by atoms with E-state index in [1.165, 1.54) is 19.0 Å². The van der Waals surface area contributed by atoms with Crippen LogP contribution >= 0.6 is 0 Å². The lowest BCUT2D eigenvalue weighted by atomic mass is 10.2. The number of likely N-dealkylation sites (N-methyl/N-ethyl adjacent to an activating group) is 2. The quantitative estimate of drug-likeness (QED) is 0.553. The monoisotopic (exact) mass is 289 g/mol. The predicted octanol–water partition coefficient (Wildman–Crippen LogP) is -0.966. The molecule has 0 radical (unpaired) electrons. The molecule has 0 unspecified atom stereocenters. The maximum Gasteiger partial charge on any atom is 0.326 e. The highest BCUT2D eigenvalue weighted by atomic mass is 16.4. The van der Waals surface area contributed by atoms with Crippen LogP contribution in [-0.2, 0) is 14.4 Å². The molecule has 0 fully saturated rings. The zero-order chi connectivity index (χ0) is 15.9. The first-order valence-electron chi connectivity index (χ1n) is 5.89. The largest absolute Gasteiger partial charge is 0.481 e. The van der Waals surface area contributed by atoms with Crippen molar-refractivity contribution in [2.45, 2.75) is 19.4 Å². The van der Waals surface area contributed by atoms with Gasteiger partial charge >= 0.3 is 18.0 Å². The van der Waals surface area contributed by atoms with Crippen molar-refractivity contribution >= 4 is 23.9 Å². The van der Waals surface area contributed by atoms with Crippen LogP contribution in [0.5, 0.6) is 0 Å². The summed E-state index contributed by atoms with van der Waals surface area (Å²) in [6.07, 6.45) is -0.736. The van der Waals surface area contributed by atoms with Gasteiger partial charge in [-0.25, -0.2) is 9.59 Å². The fourth-order valence-electron chi connectivity index (χ4n) is 1.25. The summed E-state index contributed by atoms with van der Waals surface area (Å²) in [4.78, 5) is 47.1. The lowest BCUT2D eigenvalue weighted by molar-refractivity contribution is -0.145. The lowest BCUT2D eigenvalue weighted by Crippen LogP contribution is -2.51. The van der Waals surface area contributed by atoms with Gasteiger partial charge in [0, 0.05) is 20.6 Å². The molecule has 0 saturated heterocycles. The second kappa shape index (κ2) is 7.97. The van der Waals surface area contributed by atoms with E-state index in [1.54, 1.807) is 6.92 Å². The molecule has 3 N–H and O–H groups in total. The van der Waals surface area contributed by atoms with Gasteiger partial charge in [0.15, 0.2) is 0 Å². The number of carbonyl (C=O) groups excluding carboxylic acids is 2. The van der Waals surface area contributed by atoms with Crippen LogP contribution < -0.4 is 5.32 Å². The van der Waals surface area contributed by atoms with E-state index in [4.69, 9.17) is 10.2 Å². The van der Waals surface area contributed by atoms with Crippen LogP contribution in [0.2, 0.25) is 0 Å². The molecule has 9 heteroatoms. The Labute approximate surface area is 116 Å². The van der Waals surface area contributed by atoms with Crippen molar-refractivity contribution in [3.8, 4) is 0 Å². The number of hydrogen-bond donors (Lipinski definition) is 3. The van der Waals surface area contributed by atoms with Gasteiger partial charge in [-0.1, -0.05) is 0 Å². The van der Waals surface area contributed by atoms with E-state index in [1.807, 2.05) is 0 Å². The highest BCUT2D eigenvalue weighted by Crippen LogP contribution is 1.97. The standard InChI is InChI=1S/C11H19N3O6/c1-4-14(6-8(15)13(2)3)11(20)12-7(10(18)19)5-9(16)17/h7H,4-6H2,1-3H3,(H,12,20)(H,16,17)(H,18,19)/t7-/m1/s1. The molecule has 0 aromatic heterocycles. The van der Waals surface area contributed by atoms with E-state index in [-0.39, 0.29) is 19.0 Å². The van der Waals surface area contributed by atoms with Gasteiger partial charge in [0.2, 0.25) is 5.91 Å². The Hall–Kier alpha value is -2.32. The van der Waals surface area contributed by atoms with Crippen LogP contribution in [0.4, 0.5) is 4.79 Å². The number of hydrogen-bond acceptors (Lipinski definition) is 4.